The third-order valence-electron chi connectivity index (χ3n) is 1.66. The summed E-state index contributed by atoms with van der Waals surface area (Å²) in [7, 11) is 0. The van der Waals surface area contributed by atoms with Crippen LogP contribution in [0.3, 0.4) is 0 Å². The van der Waals surface area contributed by atoms with Gasteiger partial charge in [0.15, 0.2) is 5.11 Å². The summed E-state index contributed by atoms with van der Waals surface area (Å²) in [5.41, 5.74) is 0.836. The van der Waals surface area contributed by atoms with Crippen molar-refractivity contribution in [3.05, 3.63) is 29.3 Å². The highest BCUT2D eigenvalue weighted by molar-refractivity contribution is 7.80. The van der Waals surface area contributed by atoms with E-state index in [0.717, 1.165) is 18.7 Å². The molecule has 0 aliphatic rings. The van der Waals surface area contributed by atoms with E-state index >= 15 is 0 Å². The first-order chi connectivity index (χ1) is 6.74. The fourth-order valence-corrected chi connectivity index (χ4v) is 1.36. The Morgan fingerprint density at radius 3 is 2.79 bits per heavy atom. The average molecular weight is 229 g/mol. The molecule has 2 N–H and O–H groups in total. The normalized spacial score (nSPS) is 9.57. The number of hydrogen-bond donors (Lipinski definition) is 2. The standard InChI is InChI=1S/C10H13ClN2S/c1-2-7-12-10(14)13-9-6-4-3-5-8(9)11/h3-6H,2,7H2,1H3,(H2,12,13,14). The van der Waals surface area contributed by atoms with E-state index in [4.69, 9.17) is 23.8 Å². The van der Waals surface area contributed by atoms with Gasteiger partial charge in [-0.2, -0.15) is 0 Å². The quantitative estimate of drug-likeness (QED) is 0.778. The second-order valence-electron chi connectivity index (χ2n) is 2.86. The van der Waals surface area contributed by atoms with Gasteiger partial charge in [-0.3, -0.25) is 0 Å². The van der Waals surface area contributed by atoms with Gasteiger partial charge in [0.1, 0.15) is 0 Å². The summed E-state index contributed by atoms with van der Waals surface area (Å²) >= 11 is 11.0. The molecule has 0 spiro atoms. The van der Waals surface area contributed by atoms with Gasteiger partial charge in [0.05, 0.1) is 10.7 Å². The summed E-state index contributed by atoms with van der Waals surface area (Å²) < 4.78 is 0. The summed E-state index contributed by atoms with van der Waals surface area (Å²) in [5.74, 6) is 0. The second kappa shape index (κ2) is 5.83. The Hall–Kier alpha value is -0.800. The molecule has 0 aliphatic carbocycles. The van der Waals surface area contributed by atoms with Gasteiger partial charge >= 0.3 is 0 Å². The predicted octanol–water partition coefficient (Wildman–Crippen LogP) is 3.04. The molecule has 0 radical (unpaired) electrons. The van der Waals surface area contributed by atoms with Crippen LogP contribution >= 0.6 is 23.8 Å². The van der Waals surface area contributed by atoms with Crippen LogP contribution in [0, 0.1) is 0 Å². The largest absolute Gasteiger partial charge is 0.362 e. The summed E-state index contributed by atoms with van der Waals surface area (Å²) in [6.45, 7) is 2.96. The number of thiocarbonyl (C=S) groups is 1. The highest BCUT2D eigenvalue weighted by atomic mass is 35.5. The van der Waals surface area contributed by atoms with E-state index in [9.17, 15) is 0 Å². The third kappa shape index (κ3) is 3.52. The van der Waals surface area contributed by atoms with Crippen molar-refractivity contribution in [3.8, 4) is 0 Å². The van der Waals surface area contributed by atoms with Crippen molar-refractivity contribution < 1.29 is 0 Å². The van der Waals surface area contributed by atoms with Gasteiger partial charge in [-0.05, 0) is 30.8 Å². The number of para-hydroxylation sites is 1. The van der Waals surface area contributed by atoms with Crippen molar-refractivity contribution in [1.82, 2.24) is 5.32 Å². The molecule has 0 saturated carbocycles. The zero-order valence-corrected chi connectivity index (χ0v) is 9.58. The Morgan fingerprint density at radius 1 is 1.43 bits per heavy atom. The average Bonchev–Trinajstić information content (AvgIpc) is 2.18. The van der Waals surface area contributed by atoms with Gasteiger partial charge in [-0.1, -0.05) is 30.7 Å². The number of benzene rings is 1. The maximum Gasteiger partial charge on any atom is 0.170 e. The minimum Gasteiger partial charge on any atom is -0.362 e. The zero-order valence-electron chi connectivity index (χ0n) is 8.01. The van der Waals surface area contributed by atoms with Crippen LogP contribution in [0.5, 0.6) is 0 Å². The lowest BCUT2D eigenvalue weighted by Gasteiger charge is -2.10. The molecular weight excluding hydrogens is 216 g/mol. The molecule has 2 nitrogen and oxygen atoms in total. The van der Waals surface area contributed by atoms with E-state index in [2.05, 4.69) is 17.6 Å². The molecule has 0 bridgehead atoms. The lowest BCUT2D eigenvalue weighted by molar-refractivity contribution is 0.846. The molecule has 0 saturated heterocycles. The van der Waals surface area contributed by atoms with Crippen LogP contribution in [0.4, 0.5) is 5.69 Å². The molecule has 0 atom stereocenters. The summed E-state index contributed by atoms with van der Waals surface area (Å²) in [6, 6.07) is 7.52. The van der Waals surface area contributed by atoms with E-state index in [0.29, 0.717) is 10.1 Å². The van der Waals surface area contributed by atoms with Crippen LogP contribution in [-0.2, 0) is 0 Å². The number of nitrogens with one attached hydrogen (secondary N) is 2. The molecule has 1 rings (SSSR count). The highest BCUT2D eigenvalue weighted by Crippen LogP contribution is 2.19. The molecule has 0 aromatic heterocycles. The molecule has 1 aromatic rings. The molecule has 4 heteroatoms. The molecule has 76 valence electrons. The minimum absolute atomic E-state index is 0.611. The molecule has 0 amide bonds. The Kier molecular flexibility index (Phi) is 4.70. The van der Waals surface area contributed by atoms with E-state index in [1.165, 1.54) is 0 Å². The summed E-state index contributed by atoms with van der Waals surface area (Å²) in [5, 5.41) is 7.39. The Labute approximate surface area is 94.7 Å². The van der Waals surface area contributed by atoms with Crippen LogP contribution in [0.2, 0.25) is 5.02 Å². The lowest BCUT2D eigenvalue weighted by atomic mass is 10.3. The van der Waals surface area contributed by atoms with E-state index in [-0.39, 0.29) is 0 Å². The monoisotopic (exact) mass is 228 g/mol. The van der Waals surface area contributed by atoms with Crippen molar-refractivity contribution in [2.24, 2.45) is 0 Å². The first-order valence-electron chi connectivity index (χ1n) is 4.53. The zero-order chi connectivity index (χ0) is 10.4. The first-order valence-corrected chi connectivity index (χ1v) is 5.32. The number of hydrogen-bond acceptors (Lipinski definition) is 1. The second-order valence-corrected chi connectivity index (χ2v) is 3.68. The Morgan fingerprint density at radius 2 is 2.14 bits per heavy atom. The molecule has 14 heavy (non-hydrogen) atoms. The van der Waals surface area contributed by atoms with Crippen molar-refractivity contribution >= 4 is 34.6 Å². The highest BCUT2D eigenvalue weighted by Gasteiger charge is 1.99. The Bertz CT molecular complexity index is 315. The Balaban J connectivity index is 2.52. The van der Waals surface area contributed by atoms with Gasteiger partial charge in [0.2, 0.25) is 0 Å². The fraction of sp³-hybridized carbons (Fsp3) is 0.300. The smallest absolute Gasteiger partial charge is 0.170 e. The molecular formula is C10H13ClN2S. The predicted molar refractivity (Wildman–Crippen MR) is 66.0 cm³/mol. The first kappa shape index (κ1) is 11.3. The molecule has 0 fully saturated rings. The fourth-order valence-electron chi connectivity index (χ4n) is 0.968. The lowest BCUT2D eigenvalue weighted by Crippen LogP contribution is -2.28. The van der Waals surface area contributed by atoms with Crippen LogP contribution in [-0.4, -0.2) is 11.7 Å². The van der Waals surface area contributed by atoms with Gasteiger partial charge in [-0.15, -0.1) is 0 Å². The van der Waals surface area contributed by atoms with Crippen molar-refractivity contribution in [1.29, 1.82) is 0 Å². The van der Waals surface area contributed by atoms with E-state index in [1.54, 1.807) is 0 Å². The van der Waals surface area contributed by atoms with Crippen molar-refractivity contribution in [3.63, 3.8) is 0 Å². The topological polar surface area (TPSA) is 24.1 Å². The summed E-state index contributed by atoms with van der Waals surface area (Å²) in [4.78, 5) is 0. The van der Waals surface area contributed by atoms with E-state index < -0.39 is 0 Å². The number of halogens is 1. The molecule has 0 heterocycles. The van der Waals surface area contributed by atoms with Crippen LogP contribution in [0.1, 0.15) is 13.3 Å². The number of rotatable bonds is 3. The van der Waals surface area contributed by atoms with E-state index in [1.807, 2.05) is 24.3 Å². The van der Waals surface area contributed by atoms with Gasteiger partial charge in [0.25, 0.3) is 0 Å². The minimum atomic E-state index is 0.611. The van der Waals surface area contributed by atoms with Gasteiger partial charge < -0.3 is 10.6 Å². The van der Waals surface area contributed by atoms with Crippen LogP contribution in [0.25, 0.3) is 0 Å². The molecule has 1 aromatic carbocycles. The third-order valence-corrected chi connectivity index (χ3v) is 2.23. The van der Waals surface area contributed by atoms with Gasteiger partial charge in [0, 0.05) is 6.54 Å². The van der Waals surface area contributed by atoms with Crippen molar-refractivity contribution in [2.45, 2.75) is 13.3 Å². The van der Waals surface area contributed by atoms with Crippen LogP contribution in [0.15, 0.2) is 24.3 Å². The van der Waals surface area contributed by atoms with Crippen LogP contribution < -0.4 is 10.6 Å². The summed E-state index contributed by atoms with van der Waals surface area (Å²) in [6.07, 6.45) is 1.05. The SMILES string of the molecule is CCCNC(=S)Nc1ccccc1Cl. The number of anilines is 1. The molecule has 0 aliphatic heterocycles. The maximum atomic E-state index is 5.95. The molecule has 0 unspecified atom stereocenters. The van der Waals surface area contributed by atoms with Gasteiger partial charge in [-0.25, -0.2) is 0 Å². The van der Waals surface area contributed by atoms with Crippen molar-refractivity contribution in [2.75, 3.05) is 11.9 Å². The maximum absolute atomic E-state index is 5.95.